The van der Waals surface area contributed by atoms with E-state index in [0.29, 0.717) is 25.0 Å². The quantitative estimate of drug-likeness (QED) is 0.308. The minimum absolute atomic E-state index is 0.0104. The summed E-state index contributed by atoms with van der Waals surface area (Å²) in [4.78, 5) is 26.9. The van der Waals surface area contributed by atoms with Crippen LogP contribution in [0.3, 0.4) is 0 Å². The number of hydrogen-bond acceptors (Lipinski definition) is 6. The first kappa shape index (κ1) is 27.4. The molecule has 1 fully saturated rings. The molecule has 1 aromatic heterocycles. The highest BCUT2D eigenvalue weighted by Crippen LogP contribution is 2.43. The number of hydrogen-bond donors (Lipinski definition) is 2. The van der Waals surface area contributed by atoms with Gasteiger partial charge in [0.15, 0.2) is 0 Å². The fraction of sp³-hybridized carbons (Fsp3) is 0.312. The zero-order valence-corrected chi connectivity index (χ0v) is 23.0. The second-order valence-corrected chi connectivity index (χ2v) is 10.3. The first-order valence-corrected chi connectivity index (χ1v) is 13.4. The van der Waals surface area contributed by atoms with Crippen molar-refractivity contribution >= 4 is 0 Å². The molecule has 0 aliphatic heterocycles. The fourth-order valence-electron chi connectivity index (χ4n) is 5.71. The summed E-state index contributed by atoms with van der Waals surface area (Å²) in [5, 5.41) is 0. The zero-order chi connectivity index (χ0) is 28.3. The molecule has 0 amide bonds. The van der Waals surface area contributed by atoms with Crippen molar-refractivity contribution in [3.8, 4) is 11.5 Å². The normalized spacial score (nSPS) is 18.9. The van der Waals surface area contributed by atoms with Crippen LogP contribution in [0.15, 0.2) is 94.6 Å². The molecule has 0 saturated heterocycles. The molecule has 4 aromatic rings. The Morgan fingerprint density at radius 1 is 0.850 bits per heavy atom. The third-order valence-corrected chi connectivity index (χ3v) is 7.95. The highest BCUT2D eigenvalue weighted by Gasteiger charge is 2.41. The van der Waals surface area contributed by atoms with E-state index >= 15 is 0 Å². The Balaban J connectivity index is 1.54. The molecule has 208 valence electrons. The van der Waals surface area contributed by atoms with Crippen LogP contribution in [0.25, 0.3) is 0 Å². The van der Waals surface area contributed by atoms with Gasteiger partial charge in [-0.2, -0.15) is 0 Å². The molecular formula is C32H35N3O5. The van der Waals surface area contributed by atoms with Crippen molar-refractivity contribution < 1.29 is 14.2 Å². The molecule has 40 heavy (non-hydrogen) atoms. The Hall–Kier alpha value is -4.14. The lowest BCUT2D eigenvalue weighted by molar-refractivity contribution is -0.0101. The number of rotatable bonds is 9. The average Bonchev–Trinajstić information content (AvgIpc) is 3.36. The fourth-order valence-corrected chi connectivity index (χ4v) is 5.71. The molecule has 3 atom stereocenters. The lowest BCUT2D eigenvalue weighted by Gasteiger charge is -2.37. The first-order chi connectivity index (χ1) is 19.3. The number of aromatic nitrogens is 2. The van der Waals surface area contributed by atoms with Crippen molar-refractivity contribution in [1.29, 1.82) is 0 Å². The summed E-state index contributed by atoms with van der Waals surface area (Å²) in [5.41, 5.74) is 8.28. The first-order valence-electron chi connectivity index (χ1n) is 13.4. The van der Waals surface area contributed by atoms with Crippen LogP contribution in [0.4, 0.5) is 0 Å². The molecule has 0 bridgehead atoms. The second-order valence-electron chi connectivity index (χ2n) is 10.3. The molecule has 0 unspecified atom stereocenters. The summed E-state index contributed by atoms with van der Waals surface area (Å²) < 4.78 is 19.5. The Morgan fingerprint density at radius 3 is 1.95 bits per heavy atom. The molecule has 8 nitrogen and oxygen atoms in total. The van der Waals surface area contributed by atoms with Crippen molar-refractivity contribution in [3.05, 3.63) is 128 Å². The van der Waals surface area contributed by atoms with Gasteiger partial charge < -0.3 is 19.9 Å². The summed E-state index contributed by atoms with van der Waals surface area (Å²) >= 11 is 0. The van der Waals surface area contributed by atoms with Crippen LogP contribution < -0.4 is 26.5 Å². The van der Waals surface area contributed by atoms with E-state index in [2.05, 4.69) is 17.1 Å². The molecule has 0 spiro atoms. The molecule has 3 N–H and O–H groups in total. The lowest BCUT2D eigenvalue weighted by atomic mass is 9.79. The van der Waals surface area contributed by atoms with E-state index in [9.17, 15) is 9.59 Å². The predicted molar refractivity (Wildman–Crippen MR) is 154 cm³/mol. The highest BCUT2D eigenvalue weighted by molar-refractivity contribution is 5.49. The van der Waals surface area contributed by atoms with Gasteiger partial charge in [-0.1, -0.05) is 54.6 Å². The van der Waals surface area contributed by atoms with E-state index in [1.54, 1.807) is 31.9 Å². The minimum atomic E-state index is -0.941. The Kier molecular flexibility index (Phi) is 7.91. The van der Waals surface area contributed by atoms with Crippen LogP contribution >= 0.6 is 0 Å². The van der Waals surface area contributed by atoms with Gasteiger partial charge in [-0.25, -0.2) is 4.79 Å². The number of benzene rings is 3. The number of nitrogens with one attached hydrogen (secondary N) is 1. The largest absolute Gasteiger partial charge is 0.497 e. The molecule has 1 aliphatic carbocycles. The molecular weight excluding hydrogens is 506 g/mol. The van der Waals surface area contributed by atoms with Gasteiger partial charge in [0.2, 0.25) is 0 Å². The van der Waals surface area contributed by atoms with Gasteiger partial charge in [-0.15, -0.1) is 0 Å². The minimum Gasteiger partial charge on any atom is -0.497 e. The summed E-state index contributed by atoms with van der Waals surface area (Å²) in [6, 6.07) is 25.6. The van der Waals surface area contributed by atoms with Gasteiger partial charge in [-0.3, -0.25) is 14.3 Å². The van der Waals surface area contributed by atoms with Crippen LogP contribution in [0, 0.1) is 12.8 Å². The van der Waals surface area contributed by atoms with E-state index in [1.165, 1.54) is 0 Å². The number of H-pyrrole nitrogens is 1. The van der Waals surface area contributed by atoms with E-state index in [4.69, 9.17) is 19.9 Å². The molecule has 0 radical (unpaired) electrons. The number of aromatic amines is 1. The van der Waals surface area contributed by atoms with E-state index in [-0.39, 0.29) is 23.6 Å². The van der Waals surface area contributed by atoms with E-state index < -0.39 is 11.3 Å². The van der Waals surface area contributed by atoms with Crippen LogP contribution in [-0.2, 0) is 10.3 Å². The lowest BCUT2D eigenvalue weighted by Crippen LogP contribution is -2.37. The van der Waals surface area contributed by atoms with Gasteiger partial charge in [0.1, 0.15) is 17.1 Å². The van der Waals surface area contributed by atoms with Crippen molar-refractivity contribution in [2.24, 2.45) is 11.7 Å². The maximum atomic E-state index is 12.6. The summed E-state index contributed by atoms with van der Waals surface area (Å²) in [6.07, 6.45) is 2.90. The maximum absolute atomic E-state index is 12.6. The standard InChI is InChI=1S/C32H35N3O5/c1-21-19-35(31(37)34-30(21)36)26-17-22(29(33)18-26)20-40-32(23-7-5-4-6-8-23,24-9-13-27(38-2)14-10-24)25-11-15-28(39-3)16-12-25/h4-16,19,22,26,29H,17-18,20,33H2,1-3H3,(H,34,36,37)/t22-,26-,29+/m1/s1. The van der Waals surface area contributed by atoms with Crippen molar-refractivity contribution in [1.82, 2.24) is 9.55 Å². The van der Waals surface area contributed by atoms with Gasteiger partial charge >= 0.3 is 5.69 Å². The van der Waals surface area contributed by atoms with Gasteiger partial charge in [0.25, 0.3) is 5.56 Å². The number of methoxy groups -OCH3 is 2. The number of nitrogens with zero attached hydrogens (tertiary/aromatic N) is 1. The molecule has 1 heterocycles. The molecule has 3 aromatic carbocycles. The van der Waals surface area contributed by atoms with Crippen molar-refractivity contribution in [3.63, 3.8) is 0 Å². The highest BCUT2D eigenvalue weighted by atomic mass is 16.5. The van der Waals surface area contributed by atoms with Crippen LogP contribution in [-0.4, -0.2) is 36.4 Å². The summed E-state index contributed by atoms with van der Waals surface area (Å²) in [7, 11) is 3.29. The maximum Gasteiger partial charge on any atom is 0.328 e. The molecule has 8 heteroatoms. The molecule has 5 rings (SSSR count). The van der Waals surface area contributed by atoms with Crippen LogP contribution in [0.1, 0.15) is 41.1 Å². The number of ether oxygens (including phenoxy) is 3. The van der Waals surface area contributed by atoms with Gasteiger partial charge in [-0.05, 0) is 66.6 Å². The Morgan fingerprint density at radius 2 is 1.40 bits per heavy atom. The van der Waals surface area contributed by atoms with E-state index in [0.717, 1.165) is 28.2 Å². The van der Waals surface area contributed by atoms with Crippen LogP contribution in [0.5, 0.6) is 11.5 Å². The molecule has 1 saturated carbocycles. The van der Waals surface area contributed by atoms with Crippen LogP contribution in [0.2, 0.25) is 0 Å². The summed E-state index contributed by atoms with van der Waals surface area (Å²) in [6.45, 7) is 2.06. The van der Waals surface area contributed by atoms with Crippen molar-refractivity contribution in [2.45, 2.75) is 37.5 Å². The average molecular weight is 542 g/mol. The number of nitrogens with two attached hydrogens (primary N) is 1. The smallest absolute Gasteiger partial charge is 0.328 e. The monoisotopic (exact) mass is 541 g/mol. The third kappa shape index (κ3) is 5.20. The molecule has 1 aliphatic rings. The topological polar surface area (TPSA) is 109 Å². The van der Waals surface area contributed by atoms with E-state index in [1.807, 2.05) is 66.7 Å². The van der Waals surface area contributed by atoms with Crippen molar-refractivity contribution in [2.75, 3.05) is 20.8 Å². The Labute approximate surface area is 233 Å². The van der Waals surface area contributed by atoms with Gasteiger partial charge in [0.05, 0.1) is 20.8 Å². The summed E-state index contributed by atoms with van der Waals surface area (Å²) in [5.74, 6) is 1.49. The SMILES string of the molecule is COc1ccc(C(OC[C@H]2C[C@@H](n3cc(C)c(=O)[nH]c3=O)C[C@@H]2N)(c2ccccc2)c2ccc(OC)cc2)cc1. The predicted octanol–water partition coefficient (Wildman–Crippen LogP) is 4.15. The Bertz CT molecular complexity index is 1500. The van der Waals surface area contributed by atoms with Gasteiger partial charge in [0, 0.05) is 23.8 Å². The second kappa shape index (κ2) is 11.5. The third-order valence-electron chi connectivity index (χ3n) is 7.95. The zero-order valence-electron chi connectivity index (χ0n) is 23.0. The number of aryl methyl sites for hydroxylation is 1.